The number of hydrogen-bond donors (Lipinski definition) is 0. The number of hydrogen-bond acceptors (Lipinski definition) is 7. The molecule has 2 aromatic heterocycles. The molecule has 0 spiro atoms. The maximum atomic E-state index is 13.2. The number of carbonyl (C=O) groups is 1. The van der Waals surface area contributed by atoms with Crippen LogP contribution in [0.4, 0.5) is 0 Å². The fourth-order valence-corrected chi connectivity index (χ4v) is 6.25. The highest BCUT2D eigenvalue weighted by atomic mass is 32.2. The number of thioether (sulfide) groups is 1. The number of fused-ring (bicyclic) bond motifs is 2. The number of nitrogens with zero attached hydrogens (tertiary/aromatic N) is 5. The standard InChI is InChI=1S/C23H27N5O2S2/c29-20(27-11-6-1-2-7-12-27)16-31-23-25-28-21(30)18-15-26(14-17-8-4-3-5-9-17)13-10-19(18)24-22(28)32-23/h3-5,8-9H,1-2,6-7,10-16H2. The van der Waals surface area contributed by atoms with Gasteiger partial charge in [-0.25, -0.2) is 4.98 Å². The zero-order valence-corrected chi connectivity index (χ0v) is 19.7. The van der Waals surface area contributed by atoms with Crippen LogP contribution in [0.1, 0.15) is 42.5 Å². The molecule has 9 heteroatoms. The molecule has 0 saturated carbocycles. The zero-order valence-electron chi connectivity index (χ0n) is 18.0. The zero-order chi connectivity index (χ0) is 21.9. The van der Waals surface area contributed by atoms with Gasteiger partial charge >= 0.3 is 0 Å². The minimum Gasteiger partial charge on any atom is -0.342 e. The van der Waals surface area contributed by atoms with Crippen LogP contribution in [0.3, 0.4) is 0 Å². The second-order valence-electron chi connectivity index (χ2n) is 8.43. The van der Waals surface area contributed by atoms with E-state index in [4.69, 9.17) is 4.98 Å². The largest absolute Gasteiger partial charge is 0.342 e. The first-order valence-electron chi connectivity index (χ1n) is 11.3. The predicted molar refractivity (Wildman–Crippen MR) is 127 cm³/mol. The van der Waals surface area contributed by atoms with Crippen LogP contribution in [-0.2, 0) is 24.3 Å². The first kappa shape index (κ1) is 21.6. The molecule has 0 unspecified atom stereocenters. The number of amides is 1. The van der Waals surface area contributed by atoms with Gasteiger partial charge in [0, 0.05) is 39.1 Å². The van der Waals surface area contributed by atoms with Crippen molar-refractivity contribution in [2.45, 2.75) is 49.5 Å². The summed E-state index contributed by atoms with van der Waals surface area (Å²) in [4.78, 5) is 35.4. The third-order valence-corrected chi connectivity index (χ3v) is 8.17. The second-order valence-corrected chi connectivity index (χ2v) is 10.6. The van der Waals surface area contributed by atoms with Crippen molar-refractivity contribution in [3.8, 4) is 0 Å². The lowest BCUT2D eigenvalue weighted by Crippen LogP contribution is -2.36. The third kappa shape index (κ3) is 4.74. The molecule has 0 aliphatic carbocycles. The Balaban J connectivity index is 1.29. The van der Waals surface area contributed by atoms with Crippen molar-refractivity contribution in [2.75, 3.05) is 25.4 Å². The highest BCUT2D eigenvalue weighted by Gasteiger charge is 2.24. The highest BCUT2D eigenvalue weighted by molar-refractivity contribution is 8.01. The molecule has 1 saturated heterocycles. The molecule has 0 radical (unpaired) electrons. The normalized spacial score (nSPS) is 17.3. The molecule has 0 N–H and O–H groups in total. The van der Waals surface area contributed by atoms with Gasteiger partial charge in [0.05, 0.1) is 17.0 Å². The summed E-state index contributed by atoms with van der Waals surface area (Å²) in [6.07, 6.45) is 5.35. The molecule has 3 aromatic rings. The second kappa shape index (κ2) is 9.72. The van der Waals surface area contributed by atoms with Gasteiger partial charge in [0.1, 0.15) is 0 Å². The molecule has 2 aliphatic rings. The molecule has 5 rings (SSSR count). The van der Waals surface area contributed by atoms with Crippen molar-refractivity contribution in [1.29, 1.82) is 0 Å². The summed E-state index contributed by atoms with van der Waals surface area (Å²) in [6.45, 7) is 4.00. The van der Waals surface area contributed by atoms with Gasteiger partial charge in [0.25, 0.3) is 5.56 Å². The van der Waals surface area contributed by atoms with Gasteiger partial charge in [-0.2, -0.15) is 4.52 Å². The summed E-state index contributed by atoms with van der Waals surface area (Å²) in [6, 6.07) is 10.3. The highest BCUT2D eigenvalue weighted by Crippen LogP contribution is 2.26. The molecule has 1 amide bonds. The van der Waals surface area contributed by atoms with Crippen LogP contribution in [0.2, 0.25) is 0 Å². The Morgan fingerprint density at radius 3 is 2.62 bits per heavy atom. The molecule has 1 aromatic carbocycles. The Kier molecular flexibility index (Phi) is 6.56. The van der Waals surface area contributed by atoms with E-state index in [1.54, 1.807) is 0 Å². The number of rotatable bonds is 5. The fourth-order valence-electron chi connectivity index (χ4n) is 4.40. The topological polar surface area (TPSA) is 70.8 Å². The molecule has 0 atom stereocenters. The minimum absolute atomic E-state index is 0.0790. The van der Waals surface area contributed by atoms with Crippen molar-refractivity contribution >= 4 is 34.0 Å². The van der Waals surface area contributed by atoms with Gasteiger partial charge in [-0.05, 0) is 18.4 Å². The van der Waals surface area contributed by atoms with Crippen molar-refractivity contribution < 1.29 is 4.79 Å². The lowest BCUT2D eigenvalue weighted by atomic mass is 10.1. The van der Waals surface area contributed by atoms with E-state index >= 15 is 0 Å². The summed E-state index contributed by atoms with van der Waals surface area (Å²) in [5.74, 6) is 0.520. The molecule has 32 heavy (non-hydrogen) atoms. The molecular formula is C23H27N5O2S2. The predicted octanol–water partition coefficient (Wildman–Crippen LogP) is 3.20. The van der Waals surface area contributed by atoms with E-state index in [1.165, 1.54) is 46.0 Å². The summed E-state index contributed by atoms with van der Waals surface area (Å²) in [5.41, 5.74) is 2.79. The van der Waals surface area contributed by atoms with Crippen molar-refractivity contribution in [2.24, 2.45) is 0 Å². The number of benzene rings is 1. The van der Waals surface area contributed by atoms with Crippen LogP contribution in [0.15, 0.2) is 39.5 Å². The molecule has 0 bridgehead atoms. The Hall–Kier alpha value is -2.23. The smallest absolute Gasteiger partial charge is 0.279 e. The summed E-state index contributed by atoms with van der Waals surface area (Å²) < 4.78 is 2.15. The van der Waals surface area contributed by atoms with Crippen LogP contribution < -0.4 is 5.56 Å². The summed E-state index contributed by atoms with van der Waals surface area (Å²) in [5, 5.41) is 4.50. The number of carbonyl (C=O) groups excluding carboxylic acids is 1. The van der Waals surface area contributed by atoms with Crippen molar-refractivity contribution in [1.82, 2.24) is 24.4 Å². The van der Waals surface area contributed by atoms with Gasteiger partial charge < -0.3 is 4.90 Å². The van der Waals surface area contributed by atoms with Crippen molar-refractivity contribution in [3.05, 3.63) is 57.5 Å². The summed E-state index contributed by atoms with van der Waals surface area (Å²) in [7, 11) is 0. The molecular weight excluding hydrogens is 442 g/mol. The maximum absolute atomic E-state index is 13.2. The SMILES string of the molecule is O=C(CSc1nn2c(=O)c3c(nc2s1)CCN(Cc1ccccc1)C3)N1CCCCCC1. The number of aromatic nitrogens is 3. The van der Waals surface area contributed by atoms with Gasteiger partial charge in [-0.15, -0.1) is 5.10 Å². The Bertz CT molecular complexity index is 1150. The van der Waals surface area contributed by atoms with Crippen LogP contribution in [0, 0.1) is 0 Å². The maximum Gasteiger partial charge on any atom is 0.279 e. The van der Waals surface area contributed by atoms with Crippen LogP contribution in [-0.4, -0.2) is 55.7 Å². The Morgan fingerprint density at radius 1 is 1.06 bits per heavy atom. The first-order valence-corrected chi connectivity index (χ1v) is 13.1. The van der Waals surface area contributed by atoms with Crippen LogP contribution in [0.25, 0.3) is 4.96 Å². The molecule has 1 fully saturated rings. The summed E-state index contributed by atoms with van der Waals surface area (Å²) >= 11 is 2.81. The van der Waals surface area contributed by atoms with Gasteiger partial charge in [0.2, 0.25) is 10.9 Å². The van der Waals surface area contributed by atoms with E-state index in [2.05, 4.69) is 22.1 Å². The molecule has 2 aliphatic heterocycles. The monoisotopic (exact) mass is 469 g/mol. The molecule has 4 heterocycles. The molecule has 7 nitrogen and oxygen atoms in total. The minimum atomic E-state index is -0.0790. The molecule has 168 valence electrons. The van der Waals surface area contributed by atoms with Gasteiger partial charge in [-0.1, -0.05) is 66.3 Å². The lowest BCUT2D eigenvalue weighted by molar-refractivity contribution is -0.128. The Morgan fingerprint density at radius 2 is 1.84 bits per heavy atom. The average molecular weight is 470 g/mol. The van der Waals surface area contributed by atoms with E-state index in [0.717, 1.165) is 61.0 Å². The third-order valence-electron chi connectivity index (χ3n) is 6.14. The van der Waals surface area contributed by atoms with Crippen LogP contribution in [0.5, 0.6) is 0 Å². The van der Waals surface area contributed by atoms with Gasteiger partial charge in [0.15, 0.2) is 4.34 Å². The van der Waals surface area contributed by atoms with Crippen LogP contribution >= 0.6 is 23.1 Å². The van der Waals surface area contributed by atoms with Crippen molar-refractivity contribution in [3.63, 3.8) is 0 Å². The Labute approximate surface area is 195 Å². The van der Waals surface area contributed by atoms with E-state index in [1.807, 2.05) is 23.1 Å². The fraction of sp³-hybridized carbons (Fsp3) is 0.478. The quantitative estimate of drug-likeness (QED) is 0.535. The van der Waals surface area contributed by atoms with E-state index in [9.17, 15) is 9.59 Å². The van der Waals surface area contributed by atoms with Gasteiger partial charge in [-0.3, -0.25) is 14.5 Å². The first-order chi connectivity index (χ1) is 15.7. The van der Waals surface area contributed by atoms with E-state index in [-0.39, 0.29) is 11.5 Å². The average Bonchev–Trinajstić information content (AvgIpc) is 3.02. The van der Waals surface area contributed by atoms with E-state index < -0.39 is 0 Å². The lowest BCUT2D eigenvalue weighted by Gasteiger charge is -2.27. The number of likely N-dealkylation sites (tertiary alicyclic amines) is 1. The van der Waals surface area contributed by atoms with E-state index in [0.29, 0.717) is 17.3 Å².